The number of aromatic nitrogens is 3. The van der Waals surface area contributed by atoms with Gasteiger partial charge >= 0.3 is 0 Å². The molecule has 0 unspecified atom stereocenters. The monoisotopic (exact) mass is 205 g/mol. The third kappa shape index (κ3) is 1.80. The second-order valence-electron chi connectivity index (χ2n) is 3.07. The van der Waals surface area contributed by atoms with Gasteiger partial charge < -0.3 is 4.98 Å². The Morgan fingerprint density at radius 2 is 2.29 bits per heavy atom. The first-order chi connectivity index (χ1) is 6.79. The van der Waals surface area contributed by atoms with Gasteiger partial charge in [0, 0.05) is 23.7 Å². The zero-order valence-corrected chi connectivity index (χ0v) is 8.75. The van der Waals surface area contributed by atoms with Gasteiger partial charge in [-0.05, 0) is 19.1 Å². The van der Waals surface area contributed by atoms with Crippen LogP contribution in [0.5, 0.6) is 0 Å². The van der Waals surface area contributed by atoms with Crippen LogP contribution in [-0.4, -0.2) is 15.0 Å². The SMILES string of the molecule is Cc1cc(-c2cc[nH]c2)nc(CS)n1. The Labute approximate surface area is 88.0 Å². The zero-order chi connectivity index (χ0) is 9.97. The minimum Gasteiger partial charge on any atom is -0.367 e. The van der Waals surface area contributed by atoms with Crippen LogP contribution in [0.1, 0.15) is 11.5 Å². The Balaban J connectivity index is 2.48. The van der Waals surface area contributed by atoms with Crippen molar-refractivity contribution in [3.63, 3.8) is 0 Å². The van der Waals surface area contributed by atoms with Crippen molar-refractivity contribution in [3.05, 3.63) is 36.0 Å². The number of nitrogens with one attached hydrogen (secondary N) is 1. The van der Waals surface area contributed by atoms with Crippen molar-refractivity contribution in [2.75, 3.05) is 0 Å². The van der Waals surface area contributed by atoms with Crippen molar-refractivity contribution in [1.29, 1.82) is 0 Å². The fourth-order valence-corrected chi connectivity index (χ4v) is 1.47. The molecule has 0 aliphatic carbocycles. The molecule has 0 bridgehead atoms. The first-order valence-electron chi connectivity index (χ1n) is 4.38. The lowest BCUT2D eigenvalue weighted by Crippen LogP contribution is -1.95. The predicted molar refractivity (Wildman–Crippen MR) is 59.2 cm³/mol. The van der Waals surface area contributed by atoms with E-state index in [1.54, 1.807) is 0 Å². The Morgan fingerprint density at radius 1 is 1.43 bits per heavy atom. The molecule has 0 amide bonds. The zero-order valence-electron chi connectivity index (χ0n) is 7.86. The van der Waals surface area contributed by atoms with Crippen LogP contribution >= 0.6 is 12.6 Å². The van der Waals surface area contributed by atoms with E-state index in [2.05, 4.69) is 27.6 Å². The van der Waals surface area contributed by atoms with Gasteiger partial charge in [0.05, 0.1) is 11.4 Å². The number of H-pyrrole nitrogens is 1. The van der Waals surface area contributed by atoms with Gasteiger partial charge in [-0.3, -0.25) is 0 Å². The number of aromatic amines is 1. The van der Waals surface area contributed by atoms with Crippen LogP contribution in [0.15, 0.2) is 24.5 Å². The molecule has 0 radical (unpaired) electrons. The molecule has 1 N–H and O–H groups in total. The van der Waals surface area contributed by atoms with Gasteiger partial charge in [-0.25, -0.2) is 9.97 Å². The summed E-state index contributed by atoms with van der Waals surface area (Å²) in [4.78, 5) is 11.7. The molecule has 3 nitrogen and oxygen atoms in total. The summed E-state index contributed by atoms with van der Waals surface area (Å²) in [7, 11) is 0. The van der Waals surface area contributed by atoms with E-state index >= 15 is 0 Å². The summed E-state index contributed by atoms with van der Waals surface area (Å²) < 4.78 is 0. The normalized spacial score (nSPS) is 10.4. The summed E-state index contributed by atoms with van der Waals surface area (Å²) in [6, 6.07) is 3.96. The summed E-state index contributed by atoms with van der Waals surface area (Å²) in [6.07, 6.45) is 3.80. The van der Waals surface area contributed by atoms with Crippen molar-refractivity contribution in [2.45, 2.75) is 12.7 Å². The van der Waals surface area contributed by atoms with Gasteiger partial charge in [0.25, 0.3) is 0 Å². The minimum absolute atomic E-state index is 0.569. The van der Waals surface area contributed by atoms with Crippen LogP contribution in [0.3, 0.4) is 0 Å². The average molecular weight is 205 g/mol. The standard InChI is InChI=1S/C10H11N3S/c1-7-4-9(8-2-3-11-5-8)13-10(6-14)12-7/h2-5,11,14H,6H2,1H3. The number of aryl methyl sites for hydroxylation is 1. The maximum Gasteiger partial charge on any atom is 0.138 e. The number of rotatable bonds is 2. The molecular formula is C10H11N3S. The van der Waals surface area contributed by atoms with Crippen molar-refractivity contribution >= 4 is 12.6 Å². The van der Waals surface area contributed by atoms with Crippen LogP contribution in [0.2, 0.25) is 0 Å². The van der Waals surface area contributed by atoms with E-state index in [1.165, 1.54) is 0 Å². The third-order valence-corrected chi connectivity index (χ3v) is 2.22. The molecule has 2 aromatic heterocycles. The van der Waals surface area contributed by atoms with Crippen LogP contribution in [0, 0.1) is 6.92 Å². The molecule has 0 aromatic carbocycles. The smallest absolute Gasteiger partial charge is 0.138 e. The molecule has 0 fully saturated rings. The van der Waals surface area contributed by atoms with E-state index in [4.69, 9.17) is 0 Å². The first kappa shape index (κ1) is 9.27. The highest BCUT2D eigenvalue weighted by atomic mass is 32.1. The maximum atomic E-state index is 4.39. The number of nitrogens with zero attached hydrogens (tertiary/aromatic N) is 2. The van der Waals surface area contributed by atoms with E-state index in [-0.39, 0.29) is 0 Å². The average Bonchev–Trinajstić information content (AvgIpc) is 2.69. The number of thiol groups is 1. The minimum atomic E-state index is 0.569. The Kier molecular flexibility index (Phi) is 2.54. The highest BCUT2D eigenvalue weighted by molar-refractivity contribution is 7.79. The molecule has 2 heterocycles. The molecular weight excluding hydrogens is 194 g/mol. The van der Waals surface area contributed by atoms with Gasteiger partial charge in [-0.1, -0.05) is 0 Å². The molecule has 14 heavy (non-hydrogen) atoms. The summed E-state index contributed by atoms with van der Waals surface area (Å²) >= 11 is 4.17. The molecule has 2 rings (SSSR count). The summed E-state index contributed by atoms with van der Waals surface area (Å²) in [6.45, 7) is 1.96. The topological polar surface area (TPSA) is 41.6 Å². The van der Waals surface area contributed by atoms with E-state index < -0.39 is 0 Å². The van der Waals surface area contributed by atoms with Gasteiger partial charge in [-0.15, -0.1) is 0 Å². The van der Waals surface area contributed by atoms with Gasteiger partial charge in [0.1, 0.15) is 5.82 Å². The van der Waals surface area contributed by atoms with Crippen LogP contribution in [-0.2, 0) is 5.75 Å². The molecule has 0 aliphatic rings. The lowest BCUT2D eigenvalue weighted by Gasteiger charge is -2.01. The highest BCUT2D eigenvalue weighted by Gasteiger charge is 2.03. The van der Waals surface area contributed by atoms with E-state index in [9.17, 15) is 0 Å². The molecule has 0 saturated carbocycles. The molecule has 4 heteroatoms. The second kappa shape index (κ2) is 3.84. The van der Waals surface area contributed by atoms with Crippen molar-refractivity contribution in [2.24, 2.45) is 0 Å². The van der Waals surface area contributed by atoms with Crippen LogP contribution < -0.4 is 0 Å². The Bertz CT molecular complexity index is 423. The molecule has 0 saturated heterocycles. The summed E-state index contributed by atoms with van der Waals surface area (Å²) in [5, 5.41) is 0. The number of hydrogen-bond donors (Lipinski definition) is 2. The van der Waals surface area contributed by atoms with Crippen molar-refractivity contribution in [1.82, 2.24) is 15.0 Å². The fraction of sp³-hybridized carbons (Fsp3) is 0.200. The lowest BCUT2D eigenvalue weighted by molar-refractivity contribution is 1.00. The first-order valence-corrected chi connectivity index (χ1v) is 5.01. The number of hydrogen-bond acceptors (Lipinski definition) is 3. The van der Waals surface area contributed by atoms with Gasteiger partial charge in [-0.2, -0.15) is 12.6 Å². The highest BCUT2D eigenvalue weighted by Crippen LogP contribution is 2.16. The second-order valence-corrected chi connectivity index (χ2v) is 3.38. The Hall–Kier alpha value is -1.29. The lowest BCUT2D eigenvalue weighted by atomic mass is 10.2. The van der Waals surface area contributed by atoms with E-state index in [0.29, 0.717) is 5.75 Å². The quantitative estimate of drug-likeness (QED) is 0.738. The molecule has 0 spiro atoms. The summed E-state index contributed by atoms with van der Waals surface area (Å²) in [5.41, 5.74) is 3.00. The Morgan fingerprint density at radius 3 is 2.93 bits per heavy atom. The van der Waals surface area contributed by atoms with E-state index in [1.807, 2.05) is 31.5 Å². The molecule has 72 valence electrons. The van der Waals surface area contributed by atoms with Crippen molar-refractivity contribution in [3.8, 4) is 11.3 Å². The molecule has 0 aliphatic heterocycles. The van der Waals surface area contributed by atoms with Crippen LogP contribution in [0.25, 0.3) is 11.3 Å². The third-order valence-electron chi connectivity index (χ3n) is 1.94. The largest absolute Gasteiger partial charge is 0.367 e. The molecule has 0 atom stereocenters. The fourth-order valence-electron chi connectivity index (χ4n) is 1.33. The summed E-state index contributed by atoms with van der Waals surface area (Å²) in [5.74, 6) is 1.34. The molecule has 2 aromatic rings. The van der Waals surface area contributed by atoms with E-state index in [0.717, 1.165) is 22.8 Å². The van der Waals surface area contributed by atoms with Gasteiger partial charge in [0.15, 0.2) is 0 Å². The van der Waals surface area contributed by atoms with Crippen molar-refractivity contribution < 1.29 is 0 Å². The maximum absolute atomic E-state index is 4.39. The van der Waals surface area contributed by atoms with Gasteiger partial charge in [0.2, 0.25) is 0 Å². The predicted octanol–water partition coefficient (Wildman–Crippen LogP) is 2.21. The van der Waals surface area contributed by atoms with Crippen LogP contribution in [0.4, 0.5) is 0 Å².